The van der Waals surface area contributed by atoms with Crippen LogP contribution < -0.4 is 5.32 Å². The third kappa shape index (κ3) is 5.14. The number of carbonyl (C=O) groups excluding carboxylic acids is 1. The van der Waals surface area contributed by atoms with Gasteiger partial charge in [0.25, 0.3) is 0 Å². The number of allylic oxidation sites excluding steroid dienone is 1. The molecule has 3 rings (SSSR count). The summed E-state index contributed by atoms with van der Waals surface area (Å²) in [7, 11) is 0. The lowest BCUT2D eigenvalue weighted by Crippen LogP contribution is -2.53. The number of amides is 1. The lowest BCUT2D eigenvalue weighted by molar-refractivity contribution is -0.127. The molecule has 138 valence electrons. The topological polar surface area (TPSA) is 63.1 Å². The summed E-state index contributed by atoms with van der Waals surface area (Å²) in [6.45, 7) is 4.59. The Bertz CT molecular complexity index is 568. The molecule has 1 amide bonds. The van der Waals surface area contributed by atoms with E-state index >= 15 is 0 Å². The minimum atomic E-state index is -0.0887. The van der Waals surface area contributed by atoms with E-state index in [1.54, 1.807) is 12.7 Å². The van der Waals surface area contributed by atoms with E-state index in [1.165, 1.54) is 44.1 Å². The van der Waals surface area contributed by atoms with Crippen LogP contribution in [0, 0.1) is 0 Å². The average Bonchev–Trinajstić information content (AvgIpc) is 3.15. The Labute approximate surface area is 150 Å². The van der Waals surface area contributed by atoms with E-state index in [9.17, 15) is 4.79 Å². The molecule has 2 atom stereocenters. The number of piperidine rings is 1. The van der Waals surface area contributed by atoms with Crippen molar-refractivity contribution < 1.29 is 4.79 Å². The highest BCUT2D eigenvalue weighted by atomic mass is 16.2. The van der Waals surface area contributed by atoms with Crippen LogP contribution in [0.3, 0.4) is 0 Å². The largest absolute Gasteiger partial charge is 0.354 e. The summed E-state index contributed by atoms with van der Waals surface area (Å²) in [6.07, 6.45) is 15.2. The van der Waals surface area contributed by atoms with Gasteiger partial charge in [0.15, 0.2) is 0 Å². The van der Waals surface area contributed by atoms with Crippen LogP contribution in [0.5, 0.6) is 0 Å². The Morgan fingerprint density at radius 3 is 3.04 bits per heavy atom. The summed E-state index contributed by atoms with van der Waals surface area (Å²) < 4.78 is 1.88. The van der Waals surface area contributed by atoms with Gasteiger partial charge in [-0.1, -0.05) is 18.1 Å². The molecule has 1 aliphatic heterocycles. The fourth-order valence-corrected chi connectivity index (χ4v) is 4.05. The number of nitrogens with zero attached hydrogens (tertiary/aromatic N) is 4. The van der Waals surface area contributed by atoms with Crippen LogP contribution in [-0.2, 0) is 11.3 Å². The number of likely N-dealkylation sites (tertiary alicyclic amines) is 1. The highest BCUT2D eigenvalue weighted by molar-refractivity contribution is 5.81. The van der Waals surface area contributed by atoms with E-state index in [2.05, 4.69) is 26.4 Å². The van der Waals surface area contributed by atoms with E-state index in [4.69, 9.17) is 0 Å². The summed E-state index contributed by atoms with van der Waals surface area (Å²) in [5, 5.41) is 7.37. The number of hydrogen-bond donors (Lipinski definition) is 1. The standard InChI is InChI=1S/C19H31N5O/c1-16(19(25)21-11-10-17-7-3-2-4-8-17)24-12-6-5-9-18(24)13-23-15-20-14-22-23/h7,14-16,18H,2-6,8-13H2,1H3,(H,21,25)/t16-,18+/m0/s1. The quantitative estimate of drug-likeness (QED) is 0.772. The first-order valence-corrected chi connectivity index (χ1v) is 9.78. The summed E-state index contributed by atoms with van der Waals surface area (Å²) in [5.74, 6) is 0.155. The second-order valence-corrected chi connectivity index (χ2v) is 7.33. The van der Waals surface area contributed by atoms with Crippen LogP contribution >= 0.6 is 0 Å². The van der Waals surface area contributed by atoms with E-state index < -0.39 is 0 Å². The SMILES string of the molecule is C[C@@H](C(=O)NCCC1=CCCCC1)N1CCCC[C@@H]1Cn1cncn1. The lowest BCUT2D eigenvalue weighted by atomic mass is 9.97. The van der Waals surface area contributed by atoms with Gasteiger partial charge in [-0.25, -0.2) is 4.98 Å². The molecule has 0 aromatic carbocycles. The first-order valence-electron chi connectivity index (χ1n) is 9.78. The predicted molar refractivity (Wildman–Crippen MR) is 98.0 cm³/mol. The Kier molecular flexibility index (Phi) is 6.62. The van der Waals surface area contributed by atoms with Gasteiger partial charge < -0.3 is 5.32 Å². The second kappa shape index (κ2) is 9.13. The molecule has 6 nitrogen and oxygen atoms in total. The Morgan fingerprint density at radius 1 is 1.36 bits per heavy atom. The van der Waals surface area contributed by atoms with Crippen LogP contribution in [0.15, 0.2) is 24.3 Å². The van der Waals surface area contributed by atoms with Crippen molar-refractivity contribution in [1.82, 2.24) is 25.0 Å². The maximum atomic E-state index is 12.6. The van der Waals surface area contributed by atoms with Crippen LogP contribution in [0.4, 0.5) is 0 Å². The van der Waals surface area contributed by atoms with Gasteiger partial charge in [-0.05, 0) is 58.4 Å². The Hall–Kier alpha value is -1.69. The van der Waals surface area contributed by atoms with Crippen LogP contribution in [-0.4, -0.2) is 50.7 Å². The number of carbonyl (C=O) groups is 1. The molecule has 1 aromatic rings. The van der Waals surface area contributed by atoms with Crippen LogP contribution in [0.25, 0.3) is 0 Å². The molecule has 0 spiro atoms. The van der Waals surface area contributed by atoms with Gasteiger partial charge in [0.1, 0.15) is 12.7 Å². The first-order chi connectivity index (χ1) is 12.2. The molecule has 1 fully saturated rings. The number of nitrogens with one attached hydrogen (secondary N) is 1. The molecule has 1 N–H and O–H groups in total. The molecule has 2 aliphatic rings. The van der Waals surface area contributed by atoms with Crippen molar-refractivity contribution in [2.45, 2.75) is 76.9 Å². The van der Waals surface area contributed by atoms with Gasteiger partial charge >= 0.3 is 0 Å². The van der Waals surface area contributed by atoms with E-state index in [0.717, 1.165) is 32.5 Å². The normalized spacial score (nSPS) is 23.1. The van der Waals surface area contributed by atoms with Crippen LogP contribution in [0.2, 0.25) is 0 Å². The van der Waals surface area contributed by atoms with Crippen molar-refractivity contribution in [3.8, 4) is 0 Å². The summed E-state index contributed by atoms with van der Waals surface area (Å²) in [6, 6.07) is 0.270. The van der Waals surface area contributed by atoms with E-state index in [1.807, 2.05) is 11.6 Å². The second-order valence-electron chi connectivity index (χ2n) is 7.33. The van der Waals surface area contributed by atoms with E-state index in [0.29, 0.717) is 6.04 Å². The number of aromatic nitrogens is 3. The molecule has 0 bridgehead atoms. The minimum absolute atomic E-state index is 0.0887. The molecule has 0 radical (unpaired) electrons. The van der Waals surface area contributed by atoms with Crippen molar-refractivity contribution in [3.05, 3.63) is 24.3 Å². The molecular weight excluding hydrogens is 314 g/mol. The fourth-order valence-electron chi connectivity index (χ4n) is 4.05. The average molecular weight is 345 g/mol. The van der Waals surface area contributed by atoms with E-state index in [-0.39, 0.29) is 11.9 Å². The molecule has 6 heteroatoms. The highest BCUT2D eigenvalue weighted by Gasteiger charge is 2.30. The van der Waals surface area contributed by atoms with Crippen molar-refractivity contribution in [1.29, 1.82) is 0 Å². The van der Waals surface area contributed by atoms with Gasteiger partial charge in [-0.2, -0.15) is 5.10 Å². The minimum Gasteiger partial charge on any atom is -0.354 e. The lowest BCUT2D eigenvalue weighted by Gasteiger charge is -2.39. The van der Waals surface area contributed by atoms with Crippen molar-refractivity contribution in [2.24, 2.45) is 0 Å². The zero-order chi connectivity index (χ0) is 17.5. The van der Waals surface area contributed by atoms with Crippen molar-refractivity contribution in [2.75, 3.05) is 13.1 Å². The zero-order valence-electron chi connectivity index (χ0n) is 15.4. The molecule has 1 aliphatic carbocycles. The highest BCUT2D eigenvalue weighted by Crippen LogP contribution is 2.22. The third-order valence-corrected chi connectivity index (χ3v) is 5.54. The van der Waals surface area contributed by atoms with Crippen LogP contribution in [0.1, 0.15) is 58.3 Å². The summed E-state index contributed by atoms with van der Waals surface area (Å²) in [4.78, 5) is 19.0. The Balaban J connectivity index is 1.49. The van der Waals surface area contributed by atoms with Gasteiger partial charge in [-0.15, -0.1) is 0 Å². The molecule has 25 heavy (non-hydrogen) atoms. The number of hydrogen-bond acceptors (Lipinski definition) is 4. The van der Waals surface area contributed by atoms with Crippen molar-refractivity contribution >= 4 is 5.91 Å². The molecule has 0 saturated carbocycles. The Morgan fingerprint density at radius 2 is 2.28 bits per heavy atom. The predicted octanol–water partition coefficient (Wildman–Crippen LogP) is 2.53. The summed E-state index contributed by atoms with van der Waals surface area (Å²) >= 11 is 0. The maximum Gasteiger partial charge on any atom is 0.237 e. The number of rotatable bonds is 7. The van der Waals surface area contributed by atoms with Gasteiger partial charge in [0, 0.05) is 12.6 Å². The molecule has 1 saturated heterocycles. The molecule has 2 heterocycles. The zero-order valence-corrected chi connectivity index (χ0v) is 15.4. The maximum absolute atomic E-state index is 12.6. The molecule has 0 unspecified atom stereocenters. The fraction of sp³-hybridized carbons (Fsp3) is 0.737. The van der Waals surface area contributed by atoms with Gasteiger partial charge in [-0.3, -0.25) is 14.4 Å². The smallest absolute Gasteiger partial charge is 0.237 e. The van der Waals surface area contributed by atoms with Crippen molar-refractivity contribution in [3.63, 3.8) is 0 Å². The van der Waals surface area contributed by atoms with Gasteiger partial charge in [0.2, 0.25) is 5.91 Å². The summed E-state index contributed by atoms with van der Waals surface area (Å²) in [5.41, 5.74) is 1.52. The third-order valence-electron chi connectivity index (χ3n) is 5.54. The van der Waals surface area contributed by atoms with Gasteiger partial charge in [0.05, 0.1) is 12.6 Å². The monoisotopic (exact) mass is 345 g/mol. The molecular formula is C19H31N5O. The molecule has 1 aromatic heterocycles. The first kappa shape index (κ1) is 18.1.